The van der Waals surface area contributed by atoms with E-state index in [4.69, 9.17) is 27.9 Å². The van der Waals surface area contributed by atoms with E-state index in [1.807, 2.05) is 0 Å². The summed E-state index contributed by atoms with van der Waals surface area (Å²) >= 11 is 13.0. The monoisotopic (exact) mass is 509 g/mol. The number of carbonyl (C=O) groups excluding carboxylic acids is 2. The Balaban J connectivity index is 1.61. The molecule has 0 unspecified atom stereocenters. The normalized spacial score (nSPS) is 11.7. The van der Waals surface area contributed by atoms with Gasteiger partial charge in [0, 0.05) is 18.3 Å². The van der Waals surface area contributed by atoms with Gasteiger partial charge in [-0.15, -0.1) is 10.2 Å². The van der Waals surface area contributed by atoms with Crippen LogP contribution in [-0.2, 0) is 11.8 Å². The first kappa shape index (κ1) is 24.8. The zero-order valence-electron chi connectivity index (χ0n) is 17.7. The Morgan fingerprint density at radius 2 is 1.88 bits per heavy atom. The number of halogens is 2. The van der Waals surface area contributed by atoms with E-state index in [2.05, 4.69) is 20.8 Å². The number of carbonyl (C=O) groups is 2. The third kappa shape index (κ3) is 6.38. The van der Waals surface area contributed by atoms with E-state index >= 15 is 0 Å². The highest BCUT2D eigenvalue weighted by Crippen LogP contribution is 2.25. The minimum Gasteiger partial charge on any atom is -0.497 e. The highest BCUT2D eigenvalue weighted by atomic mass is 35.5. The Bertz CT molecular complexity index is 1140. The molecule has 0 bridgehead atoms. The molecule has 33 heavy (non-hydrogen) atoms. The summed E-state index contributed by atoms with van der Waals surface area (Å²) < 4.78 is 6.70. The predicted octanol–water partition coefficient (Wildman–Crippen LogP) is 3.32. The number of aliphatic hydroxyl groups is 1. The molecule has 1 aromatic heterocycles. The summed E-state index contributed by atoms with van der Waals surface area (Å²) in [5.41, 5.74) is 0.931. The van der Waals surface area contributed by atoms with Crippen molar-refractivity contribution in [3.63, 3.8) is 0 Å². The fraction of sp³-hybridized carbons (Fsp3) is 0.238. The summed E-state index contributed by atoms with van der Waals surface area (Å²) in [6.07, 6.45) is 0. The highest BCUT2D eigenvalue weighted by Gasteiger charge is 2.22. The minimum absolute atomic E-state index is 0.0637. The minimum atomic E-state index is -0.781. The summed E-state index contributed by atoms with van der Waals surface area (Å²) in [6, 6.07) is 10.6. The Morgan fingerprint density at radius 1 is 1.15 bits per heavy atom. The maximum absolute atomic E-state index is 12.5. The van der Waals surface area contributed by atoms with Crippen LogP contribution in [0.3, 0.4) is 0 Å². The Hall–Kier alpha value is -2.79. The van der Waals surface area contributed by atoms with E-state index in [1.54, 1.807) is 54.1 Å². The SMILES string of the molecule is COc1ccc(C(=O)N[C@H](CO)c2nnc(SCC(=O)Nc3ccc(Cl)c(Cl)c3)n2C)cc1. The summed E-state index contributed by atoms with van der Waals surface area (Å²) in [4.78, 5) is 24.8. The fourth-order valence-electron chi connectivity index (χ4n) is 2.83. The van der Waals surface area contributed by atoms with Crippen LogP contribution in [0.1, 0.15) is 22.2 Å². The van der Waals surface area contributed by atoms with Crippen molar-refractivity contribution < 1.29 is 19.4 Å². The molecule has 12 heteroatoms. The van der Waals surface area contributed by atoms with Crippen LogP contribution in [-0.4, -0.2) is 51.2 Å². The Kier molecular flexibility index (Phi) is 8.56. The molecule has 9 nitrogen and oxygen atoms in total. The molecule has 3 aromatic rings. The molecule has 0 aliphatic rings. The van der Waals surface area contributed by atoms with Gasteiger partial charge in [-0.25, -0.2) is 0 Å². The number of thioether (sulfide) groups is 1. The van der Waals surface area contributed by atoms with Crippen LogP contribution < -0.4 is 15.4 Å². The maximum atomic E-state index is 12.5. The molecular formula is C21H21Cl2N5O4S. The van der Waals surface area contributed by atoms with Crippen molar-refractivity contribution in [3.05, 3.63) is 63.9 Å². The molecule has 1 atom stereocenters. The number of nitrogens with one attached hydrogen (secondary N) is 2. The van der Waals surface area contributed by atoms with Gasteiger partial charge >= 0.3 is 0 Å². The molecule has 0 fully saturated rings. The summed E-state index contributed by atoms with van der Waals surface area (Å²) in [6.45, 7) is -0.379. The topological polar surface area (TPSA) is 118 Å². The number of methoxy groups -OCH3 is 1. The number of aliphatic hydroxyl groups excluding tert-OH is 1. The van der Waals surface area contributed by atoms with Crippen molar-refractivity contribution in [3.8, 4) is 5.75 Å². The molecular weight excluding hydrogens is 489 g/mol. The third-order valence-electron chi connectivity index (χ3n) is 4.56. The van der Waals surface area contributed by atoms with Crippen molar-refractivity contribution in [2.24, 2.45) is 7.05 Å². The predicted molar refractivity (Wildman–Crippen MR) is 127 cm³/mol. The van der Waals surface area contributed by atoms with E-state index in [0.717, 1.165) is 11.8 Å². The number of hydrogen-bond donors (Lipinski definition) is 3. The van der Waals surface area contributed by atoms with E-state index in [-0.39, 0.29) is 24.2 Å². The lowest BCUT2D eigenvalue weighted by molar-refractivity contribution is -0.113. The second kappa shape index (κ2) is 11.4. The Morgan fingerprint density at radius 3 is 2.52 bits per heavy atom. The quantitative estimate of drug-likeness (QED) is 0.378. The number of rotatable bonds is 9. The number of benzene rings is 2. The van der Waals surface area contributed by atoms with Crippen LogP contribution in [0.15, 0.2) is 47.6 Å². The summed E-state index contributed by atoms with van der Waals surface area (Å²) in [5, 5.41) is 24.6. The zero-order valence-corrected chi connectivity index (χ0v) is 20.0. The molecule has 174 valence electrons. The first-order chi connectivity index (χ1) is 15.8. The van der Waals surface area contributed by atoms with E-state index in [9.17, 15) is 14.7 Å². The molecule has 2 aromatic carbocycles. The molecule has 2 amide bonds. The van der Waals surface area contributed by atoms with E-state index in [1.165, 1.54) is 7.11 Å². The van der Waals surface area contributed by atoms with Crippen molar-refractivity contribution >= 4 is 52.5 Å². The van der Waals surface area contributed by atoms with Crippen LogP contribution >= 0.6 is 35.0 Å². The first-order valence-electron chi connectivity index (χ1n) is 9.65. The molecule has 3 rings (SSSR count). The van der Waals surface area contributed by atoms with Gasteiger partial charge in [-0.3, -0.25) is 9.59 Å². The average molecular weight is 510 g/mol. The van der Waals surface area contributed by atoms with Gasteiger partial charge in [-0.2, -0.15) is 0 Å². The van der Waals surface area contributed by atoms with Gasteiger partial charge < -0.3 is 25.0 Å². The van der Waals surface area contributed by atoms with E-state index in [0.29, 0.717) is 38.0 Å². The maximum Gasteiger partial charge on any atom is 0.251 e. The van der Waals surface area contributed by atoms with Gasteiger partial charge in [-0.05, 0) is 42.5 Å². The second-order valence-corrected chi connectivity index (χ2v) is 8.56. The number of aromatic nitrogens is 3. The van der Waals surface area contributed by atoms with Crippen LogP contribution in [0.2, 0.25) is 10.0 Å². The zero-order chi connectivity index (χ0) is 24.0. The third-order valence-corrected chi connectivity index (χ3v) is 6.32. The van der Waals surface area contributed by atoms with Gasteiger partial charge in [0.15, 0.2) is 11.0 Å². The van der Waals surface area contributed by atoms with Crippen molar-refractivity contribution in [2.75, 3.05) is 24.8 Å². The van der Waals surface area contributed by atoms with Gasteiger partial charge in [0.2, 0.25) is 5.91 Å². The van der Waals surface area contributed by atoms with Crippen molar-refractivity contribution in [1.29, 1.82) is 0 Å². The summed E-state index contributed by atoms with van der Waals surface area (Å²) in [7, 11) is 3.23. The van der Waals surface area contributed by atoms with Gasteiger partial charge in [-0.1, -0.05) is 35.0 Å². The highest BCUT2D eigenvalue weighted by molar-refractivity contribution is 7.99. The van der Waals surface area contributed by atoms with Crippen LogP contribution in [0.5, 0.6) is 5.75 Å². The average Bonchev–Trinajstić information content (AvgIpc) is 3.18. The Labute approximate surface area is 204 Å². The molecule has 0 radical (unpaired) electrons. The lowest BCUT2D eigenvalue weighted by Gasteiger charge is -2.16. The number of amides is 2. The molecule has 0 aliphatic carbocycles. The van der Waals surface area contributed by atoms with Gasteiger partial charge in [0.1, 0.15) is 11.8 Å². The molecule has 1 heterocycles. The van der Waals surface area contributed by atoms with Crippen LogP contribution in [0.4, 0.5) is 5.69 Å². The van der Waals surface area contributed by atoms with Gasteiger partial charge in [0.25, 0.3) is 5.91 Å². The number of nitrogens with zero attached hydrogens (tertiary/aromatic N) is 3. The van der Waals surface area contributed by atoms with E-state index < -0.39 is 6.04 Å². The number of hydrogen-bond acceptors (Lipinski definition) is 7. The lowest BCUT2D eigenvalue weighted by Crippen LogP contribution is -2.32. The van der Waals surface area contributed by atoms with Gasteiger partial charge in [0.05, 0.1) is 29.5 Å². The van der Waals surface area contributed by atoms with Crippen molar-refractivity contribution in [1.82, 2.24) is 20.1 Å². The standard InChI is InChI=1S/C21H21Cl2N5O4S/c1-28-19(17(10-29)25-20(31)12-3-6-14(32-2)7-4-12)26-27-21(28)33-11-18(30)24-13-5-8-15(22)16(23)9-13/h3-9,17,29H,10-11H2,1-2H3,(H,24,30)(H,25,31)/t17-/m1/s1. The lowest BCUT2D eigenvalue weighted by atomic mass is 10.2. The first-order valence-corrected chi connectivity index (χ1v) is 11.4. The van der Waals surface area contributed by atoms with Crippen LogP contribution in [0, 0.1) is 0 Å². The molecule has 0 spiro atoms. The molecule has 0 saturated heterocycles. The fourth-order valence-corrected chi connectivity index (χ4v) is 3.85. The smallest absolute Gasteiger partial charge is 0.251 e. The molecule has 0 saturated carbocycles. The van der Waals surface area contributed by atoms with Crippen molar-refractivity contribution in [2.45, 2.75) is 11.2 Å². The largest absolute Gasteiger partial charge is 0.497 e. The number of anilines is 1. The second-order valence-electron chi connectivity index (χ2n) is 6.80. The van der Waals surface area contributed by atoms with Crippen LogP contribution in [0.25, 0.3) is 0 Å². The summed E-state index contributed by atoms with van der Waals surface area (Å²) in [5.74, 6) is 0.397. The molecule has 0 aliphatic heterocycles. The molecule has 3 N–H and O–H groups in total. The number of ether oxygens (including phenoxy) is 1.